The van der Waals surface area contributed by atoms with Crippen LogP contribution < -0.4 is 0 Å². The molecule has 0 atom stereocenters. The zero-order chi connectivity index (χ0) is 16.3. The van der Waals surface area contributed by atoms with E-state index in [1.807, 2.05) is 0 Å². The van der Waals surface area contributed by atoms with Gasteiger partial charge in [0.1, 0.15) is 0 Å². The molecule has 0 aromatic heterocycles. The van der Waals surface area contributed by atoms with E-state index in [0.717, 1.165) is 0 Å². The van der Waals surface area contributed by atoms with Crippen LogP contribution >= 0.6 is 0 Å². The van der Waals surface area contributed by atoms with Crippen LogP contribution in [-0.4, -0.2) is 0 Å². The minimum atomic E-state index is 0. The van der Waals surface area contributed by atoms with Crippen LogP contribution in [0.4, 0.5) is 0 Å². The molecule has 0 aromatic carbocycles. The zero-order valence-electron chi connectivity index (χ0n) is 16.3. The van der Waals surface area contributed by atoms with Gasteiger partial charge in [-0.15, -0.1) is 0 Å². The van der Waals surface area contributed by atoms with E-state index < -0.39 is 0 Å². The molecule has 0 bridgehead atoms. The van der Waals surface area contributed by atoms with Gasteiger partial charge in [-0.25, -0.2) is 0 Å². The molecule has 0 N–H and O–H groups in total. The molecule has 0 spiro atoms. The van der Waals surface area contributed by atoms with Crippen LogP contribution in [0.5, 0.6) is 0 Å². The van der Waals surface area contributed by atoms with Gasteiger partial charge < -0.3 is 1.43 Å². The van der Waals surface area contributed by atoms with Gasteiger partial charge in [0.05, 0.1) is 0 Å². The molecule has 2 aliphatic carbocycles. The van der Waals surface area contributed by atoms with Gasteiger partial charge in [0.2, 0.25) is 0 Å². The van der Waals surface area contributed by atoms with Crippen molar-refractivity contribution in [3.8, 4) is 0 Å². The maximum atomic E-state index is 2.40. The molecule has 0 nitrogen and oxygen atoms in total. The Labute approximate surface area is 150 Å². The Balaban J connectivity index is 0.00000242. The molecule has 0 unspecified atom stereocenters. The van der Waals surface area contributed by atoms with Gasteiger partial charge in [0, 0.05) is 0 Å². The van der Waals surface area contributed by atoms with Crippen LogP contribution in [0.2, 0.25) is 0 Å². The molecular weight excluding hydrogens is 415 g/mol. The molecule has 21 heavy (non-hydrogen) atoms. The second-order valence-corrected chi connectivity index (χ2v) is 9.64. The smallest absolute Gasteiger partial charge is 1.00 e. The first-order valence-electron chi connectivity index (χ1n) is 7.76. The van der Waals surface area contributed by atoms with E-state index >= 15 is 0 Å². The largest absolute Gasteiger partial charge is 1.00 e. The molecule has 1 heteroatoms. The summed E-state index contributed by atoms with van der Waals surface area (Å²) in [7, 11) is 0. The topological polar surface area (TPSA) is 0 Å². The zero-order valence-corrected chi connectivity index (χ0v) is 16.9. The van der Waals surface area contributed by atoms with Gasteiger partial charge in [-0.3, -0.25) is 0 Å². The Kier molecular flexibility index (Phi) is 4.49. The van der Waals surface area contributed by atoms with Crippen LogP contribution in [-0.2, 0) is 0 Å². The second-order valence-electron chi connectivity index (χ2n) is 7.57. The molecule has 0 amide bonds. The van der Waals surface area contributed by atoms with Crippen molar-refractivity contribution < 1.29 is 34.5 Å². The van der Waals surface area contributed by atoms with E-state index in [-0.39, 0.29) is 12.3 Å². The van der Waals surface area contributed by atoms with Gasteiger partial charge in [0.15, 0.2) is 0 Å². The Morgan fingerprint density at radius 1 is 0.571 bits per heavy atom. The summed E-state index contributed by atoms with van der Waals surface area (Å²) in [5.74, 6) is 0. The Bertz CT molecular complexity index is 581. The van der Waals surface area contributed by atoms with E-state index in [4.69, 9.17) is 0 Å². The monoisotopic (exact) mass is 446 g/mol. The van der Waals surface area contributed by atoms with Crippen molar-refractivity contribution in [2.45, 2.75) is 69.2 Å². The summed E-state index contributed by atoms with van der Waals surface area (Å²) in [6.45, 7) is 23.5. The average molecular weight is 446 g/mol. The van der Waals surface area contributed by atoms with E-state index in [1.54, 1.807) is 25.9 Å². The maximum Gasteiger partial charge on any atom is -1.00 e. The average Bonchev–Trinajstić information content (AvgIpc) is 2.63. The van der Waals surface area contributed by atoms with Crippen LogP contribution in [0.15, 0.2) is 37.0 Å². The fourth-order valence-electron chi connectivity index (χ4n) is 3.33. The Morgan fingerprint density at radius 3 is 1.05 bits per heavy atom. The van der Waals surface area contributed by atoms with Crippen molar-refractivity contribution in [2.75, 3.05) is 0 Å². The van der Waals surface area contributed by atoms with Gasteiger partial charge in [-0.2, -0.15) is 0 Å². The number of allylic oxidation sites excluding steroid dienone is 8. The quantitative estimate of drug-likeness (QED) is 0.455. The summed E-state index contributed by atoms with van der Waals surface area (Å²) in [5, 5.41) is 0. The predicted octanol–water partition coefficient (Wildman–Crippen LogP) is 6.48. The third-order valence-corrected chi connectivity index (χ3v) is 9.91. The molecular formula is C20H31Lu. The van der Waals surface area contributed by atoms with Gasteiger partial charge in [-0.05, 0) is 0 Å². The fraction of sp³-hybridized carbons (Fsp3) is 0.600. The Morgan fingerprint density at radius 2 is 0.857 bits per heavy atom. The predicted molar refractivity (Wildman–Crippen MR) is 90.8 cm³/mol. The maximum absolute atomic E-state index is 2.40. The number of hydrogen-bond acceptors (Lipinski definition) is 0. The van der Waals surface area contributed by atoms with Gasteiger partial charge in [-0.1, -0.05) is 0 Å². The van der Waals surface area contributed by atoms with Gasteiger partial charge in [0.25, 0.3) is 0 Å². The van der Waals surface area contributed by atoms with Crippen LogP contribution in [0, 0.1) is 43.9 Å². The third-order valence-electron chi connectivity index (χ3n) is 5.77. The van der Waals surface area contributed by atoms with Crippen LogP contribution in [0.1, 0.15) is 70.7 Å². The molecule has 0 radical (unpaired) electrons. The normalized spacial score (nSPS) is 25.0. The minimum absolute atomic E-state index is 0. The summed E-state index contributed by atoms with van der Waals surface area (Å²) < 4.78 is 3.34. The second kappa shape index (κ2) is 5.38. The van der Waals surface area contributed by atoms with Crippen molar-refractivity contribution >= 4 is 0 Å². The molecule has 2 aliphatic rings. The minimum Gasteiger partial charge on any atom is -1.00 e. The van der Waals surface area contributed by atoms with Gasteiger partial charge >= 0.3 is 150 Å². The van der Waals surface area contributed by atoms with E-state index in [0.29, 0.717) is 33.0 Å². The first-order valence-corrected chi connectivity index (χ1v) is 9.41. The first-order chi connectivity index (χ1) is 9.44. The Hall–Kier alpha value is 0.194. The van der Waals surface area contributed by atoms with Crippen molar-refractivity contribution in [1.82, 2.24) is 0 Å². The number of hydrogen-bond donors (Lipinski definition) is 0. The van der Waals surface area contributed by atoms with Crippen LogP contribution in [0.25, 0.3) is 0 Å². The molecule has 2 rings (SSSR count). The van der Waals surface area contributed by atoms with Crippen LogP contribution in [0.3, 0.4) is 0 Å². The summed E-state index contributed by atoms with van der Waals surface area (Å²) in [6, 6.07) is 0. The van der Waals surface area contributed by atoms with Crippen molar-refractivity contribution in [1.29, 1.82) is 0 Å². The summed E-state index contributed by atoms with van der Waals surface area (Å²) >= 11 is 0.671. The molecule has 0 heterocycles. The molecule has 0 saturated heterocycles. The number of rotatable bonds is 2. The van der Waals surface area contributed by atoms with E-state index in [9.17, 15) is 0 Å². The van der Waals surface area contributed by atoms with E-state index in [1.165, 1.54) is 11.1 Å². The van der Waals surface area contributed by atoms with Crippen molar-refractivity contribution in [3.63, 3.8) is 0 Å². The molecule has 0 fully saturated rings. The summed E-state index contributed by atoms with van der Waals surface area (Å²) in [5.41, 5.74) is 9.69. The summed E-state index contributed by atoms with van der Waals surface area (Å²) in [4.78, 5) is 0. The van der Waals surface area contributed by atoms with E-state index in [2.05, 4.69) is 69.2 Å². The fourth-order valence-corrected chi connectivity index (χ4v) is 6.64. The molecule has 0 saturated carbocycles. The molecule has 0 aromatic rings. The molecule has 0 aliphatic heterocycles. The SMILES string of the molecule is CC1=C(C)C(C)(C)[C]([Lu+][C]2=C(C)C(C)=C(C)C2(C)C)=C1C.[H-]. The summed E-state index contributed by atoms with van der Waals surface area (Å²) in [6.07, 6.45) is 0. The third kappa shape index (κ3) is 2.45. The first kappa shape index (κ1) is 17.5. The standard InChI is InChI=1S/2C10H15.Lu.H/c2*1-7-6-10(4,5)9(3)8(7)2;;/h2*1-5H3;;/q;;+1;-1. The van der Waals surface area contributed by atoms with Crippen molar-refractivity contribution in [2.24, 2.45) is 10.8 Å². The molecule has 126 valence electrons. The van der Waals surface area contributed by atoms with Crippen molar-refractivity contribution in [3.05, 3.63) is 37.0 Å².